The van der Waals surface area contributed by atoms with Crippen molar-refractivity contribution in [1.29, 1.82) is 0 Å². The topological polar surface area (TPSA) is 96.9 Å². The van der Waals surface area contributed by atoms with E-state index in [2.05, 4.69) is 34.0 Å². The van der Waals surface area contributed by atoms with Gasteiger partial charge in [0.1, 0.15) is 12.4 Å². The summed E-state index contributed by atoms with van der Waals surface area (Å²) in [6, 6.07) is 16.9. The van der Waals surface area contributed by atoms with Crippen LogP contribution in [0.2, 0.25) is 0 Å². The van der Waals surface area contributed by atoms with Crippen LogP contribution in [0, 0.1) is 5.92 Å². The van der Waals surface area contributed by atoms with E-state index in [-0.39, 0.29) is 29.9 Å². The molecule has 2 aromatic heterocycles. The standard InChI is InChI=1S/C31H35N5O4S/c1-20-16-36(17-22-11-13-32-14-12-22)21(2)19-40-26-10-9-23(15-24(26)31(38)35(3)18-27(20)39-4)33-29(37)30-34-25-7-5-6-8-28(25)41-30/h5-15,20-21,27H,16-19H2,1-4H3,(H,33,37)/t20-,21-,27+/m1/s1. The molecule has 5 rings (SSSR count). The molecule has 1 aliphatic heterocycles. The highest BCUT2D eigenvalue weighted by molar-refractivity contribution is 7.20. The van der Waals surface area contributed by atoms with Crippen LogP contribution in [-0.4, -0.2) is 77.6 Å². The number of hydrogen-bond donors (Lipinski definition) is 1. The minimum Gasteiger partial charge on any atom is -0.491 e. The molecule has 4 aromatic rings. The van der Waals surface area contributed by atoms with Crippen LogP contribution < -0.4 is 10.1 Å². The second-order valence-corrected chi connectivity index (χ2v) is 11.6. The molecule has 0 saturated carbocycles. The van der Waals surface area contributed by atoms with Gasteiger partial charge in [-0.05, 0) is 60.9 Å². The van der Waals surface area contributed by atoms with E-state index in [1.807, 2.05) is 36.4 Å². The molecule has 214 valence electrons. The Bertz CT molecular complexity index is 1480. The Kier molecular flexibility index (Phi) is 8.92. The molecule has 10 heteroatoms. The third-order valence-electron chi connectivity index (χ3n) is 7.45. The summed E-state index contributed by atoms with van der Waals surface area (Å²) in [7, 11) is 3.45. The Labute approximate surface area is 244 Å². The predicted molar refractivity (Wildman–Crippen MR) is 161 cm³/mol. The third-order valence-corrected chi connectivity index (χ3v) is 8.49. The summed E-state index contributed by atoms with van der Waals surface area (Å²) in [6.45, 7) is 6.59. The van der Waals surface area contributed by atoms with Crippen LogP contribution in [0.25, 0.3) is 10.2 Å². The zero-order chi connectivity index (χ0) is 28.9. The van der Waals surface area contributed by atoms with Gasteiger partial charge in [0.2, 0.25) is 0 Å². The first-order valence-corrected chi connectivity index (χ1v) is 14.5. The Hall–Kier alpha value is -3.86. The fraction of sp³-hybridized carbons (Fsp3) is 0.355. The number of carbonyl (C=O) groups excluding carboxylic acids is 2. The predicted octanol–water partition coefficient (Wildman–Crippen LogP) is 4.95. The number of nitrogens with zero attached hydrogens (tertiary/aromatic N) is 4. The smallest absolute Gasteiger partial charge is 0.284 e. The number of benzene rings is 2. The van der Waals surface area contributed by atoms with E-state index < -0.39 is 0 Å². The number of para-hydroxylation sites is 1. The number of hydrogen-bond acceptors (Lipinski definition) is 8. The molecule has 9 nitrogen and oxygen atoms in total. The van der Waals surface area contributed by atoms with E-state index in [1.165, 1.54) is 16.9 Å². The number of likely N-dealkylation sites (N-methyl/N-ethyl adjacent to an activating group) is 1. The average Bonchev–Trinajstić information content (AvgIpc) is 3.43. The van der Waals surface area contributed by atoms with Gasteiger partial charge in [0.05, 0.1) is 21.9 Å². The zero-order valence-electron chi connectivity index (χ0n) is 23.7. The highest BCUT2D eigenvalue weighted by Gasteiger charge is 2.28. The third kappa shape index (κ3) is 6.73. The number of ether oxygens (including phenoxy) is 2. The molecule has 0 spiro atoms. The fourth-order valence-electron chi connectivity index (χ4n) is 5.03. The van der Waals surface area contributed by atoms with Crippen LogP contribution in [0.1, 0.15) is 39.6 Å². The zero-order valence-corrected chi connectivity index (χ0v) is 24.6. The van der Waals surface area contributed by atoms with Crippen molar-refractivity contribution in [2.45, 2.75) is 32.5 Å². The number of fused-ring (bicyclic) bond motifs is 2. The second kappa shape index (κ2) is 12.8. The molecule has 3 atom stereocenters. The number of rotatable bonds is 5. The van der Waals surface area contributed by atoms with Crippen molar-refractivity contribution in [3.8, 4) is 5.75 Å². The van der Waals surface area contributed by atoms with Crippen LogP contribution in [0.15, 0.2) is 67.0 Å². The first-order valence-electron chi connectivity index (χ1n) is 13.7. The molecular weight excluding hydrogens is 538 g/mol. The Balaban J connectivity index is 1.41. The number of amides is 2. The monoisotopic (exact) mass is 573 g/mol. The lowest BCUT2D eigenvalue weighted by atomic mass is 10.0. The maximum Gasteiger partial charge on any atom is 0.284 e. The molecule has 0 aliphatic carbocycles. The molecule has 0 saturated heterocycles. The van der Waals surface area contributed by atoms with Crippen LogP contribution >= 0.6 is 11.3 Å². The van der Waals surface area contributed by atoms with Gasteiger partial charge in [0.15, 0.2) is 5.01 Å². The van der Waals surface area contributed by atoms with Gasteiger partial charge in [-0.2, -0.15) is 0 Å². The second-order valence-electron chi connectivity index (χ2n) is 10.5. The molecule has 2 aromatic carbocycles. The molecule has 0 bridgehead atoms. The number of methoxy groups -OCH3 is 1. The van der Waals surface area contributed by atoms with Crippen LogP contribution in [0.3, 0.4) is 0 Å². The lowest BCUT2D eigenvalue weighted by molar-refractivity contribution is 0.00921. The fourth-order valence-corrected chi connectivity index (χ4v) is 5.89. The molecule has 1 N–H and O–H groups in total. The Morgan fingerprint density at radius 2 is 1.90 bits per heavy atom. The molecule has 0 fully saturated rings. The van der Waals surface area contributed by atoms with Crippen LogP contribution in [-0.2, 0) is 11.3 Å². The number of anilines is 1. The van der Waals surface area contributed by atoms with Gasteiger partial charge in [-0.15, -0.1) is 11.3 Å². The summed E-state index contributed by atoms with van der Waals surface area (Å²) in [6.07, 6.45) is 3.44. The van der Waals surface area contributed by atoms with Gasteiger partial charge in [0, 0.05) is 57.9 Å². The molecule has 3 heterocycles. The van der Waals surface area contributed by atoms with E-state index >= 15 is 0 Å². The quantitative estimate of drug-likeness (QED) is 0.361. The highest BCUT2D eigenvalue weighted by Crippen LogP contribution is 2.28. The Morgan fingerprint density at radius 3 is 2.66 bits per heavy atom. The lowest BCUT2D eigenvalue weighted by Gasteiger charge is -2.36. The summed E-state index contributed by atoms with van der Waals surface area (Å²) in [5.41, 5.74) is 2.82. The van der Waals surface area contributed by atoms with E-state index in [4.69, 9.17) is 9.47 Å². The van der Waals surface area contributed by atoms with Crippen molar-refractivity contribution in [2.75, 3.05) is 39.2 Å². The van der Waals surface area contributed by atoms with Gasteiger partial charge < -0.3 is 19.7 Å². The summed E-state index contributed by atoms with van der Waals surface area (Å²) in [4.78, 5) is 39.3. The summed E-state index contributed by atoms with van der Waals surface area (Å²) < 4.78 is 13.1. The van der Waals surface area contributed by atoms with Crippen molar-refractivity contribution < 1.29 is 19.1 Å². The molecule has 2 amide bonds. The van der Waals surface area contributed by atoms with Crippen molar-refractivity contribution in [2.24, 2.45) is 5.92 Å². The average molecular weight is 574 g/mol. The number of pyridine rings is 1. The molecule has 41 heavy (non-hydrogen) atoms. The van der Waals surface area contributed by atoms with Crippen molar-refractivity contribution in [1.82, 2.24) is 19.8 Å². The highest BCUT2D eigenvalue weighted by atomic mass is 32.1. The van der Waals surface area contributed by atoms with Gasteiger partial charge >= 0.3 is 0 Å². The number of thiazole rings is 1. The van der Waals surface area contributed by atoms with E-state index in [9.17, 15) is 9.59 Å². The van der Waals surface area contributed by atoms with Gasteiger partial charge in [-0.1, -0.05) is 19.1 Å². The molecule has 0 radical (unpaired) electrons. The van der Waals surface area contributed by atoms with Crippen molar-refractivity contribution >= 4 is 39.1 Å². The first kappa shape index (κ1) is 28.7. The lowest BCUT2D eigenvalue weighted by Crippen LogP contribution is -2.46. The van der Waals surface area contributed by atoms with Gasteiger partial charge in [-0.25, -0.2) is 4.98 Å². The number of carbonyl (C=O) groups is 2. The normalized spacial score (nSPS) is 20.5. The van der Waals surface area contributed by atoms with Gasteiger partial charge in [0.25, 0.3) is 11.8 Å². The van der Waals surface area contributed by atoms with Gasteiger partial charge in [-0.3, -0.25) is 19.5 Å². The molecular formula is C31H35N5O4S. The van der Waals surface area contributed by atoms with Crippen molar-refractivity contribution in [3.05, 3.63) is 83.1 Å². The number of aromatic nitrogens is 2. The maximum absolute atomic E-state index is 13.7. The summed E-state index contributed by atoms with van der Waals surface area (Å²) >= 11 is 1.33. The molecule has 0 unspecified atom stereocenters. The minimum atomic E-state index is -0.324. The van der Waals surface area contributed by atoms with E-state index in [1.54, 1.807) is 49.7 Å². The summed E-state index contributed by atoms with van der Waals surface area (Å²) in [5, 5.41) is 3.27. The minimum absolute atomic E-state index is 0.0571. The van der Waals surface area contributed by atoms with Crippen LogP contribution in [0.5, 0.6) is 5.75 Å². The number of nitrogens with one attached hydrogen (secondary N) is 1. The SMILES string of the molecule is CO[C@H]1CN(C)C(=O)c2cc(NC(=O)c3nc4ccccc4s3)ccc2OC[C@@H](C)N(Cc2ccncc2)C[C@H]1C. The first-order chi connectivity index (χ1) is 19.8. The van der Waals surface area contributed by atoms with E-state index in [0.29, 0.717) is 35.2 Å². The summed E-state index contributed by atoms with van der Waals surface area (Å²) in [5.74, 6) is 0.0953. The molecule has 1 aliphatic rings. The largest absolute Gasteiger partial charge is 0.491 e. The van der Waals surface area contributed by atoms with Crippen molar-refractivity contribution in [3.63, 3.8) is 0 Å². The maximum atomic E-state index is 13.7. The van der Waals surface area contributed by atoms with Crippen LogP contribution in [0.4, 0.5) is 5.69 Å². The van der Waals surface area contributed by atoms with E-state index in [0.717, 1.165) is 23.3 Å². The Morgan fingerprint density at radius 1 is 1.12 bits per heavy atom.